The number of benzene rings is 1. The lowest BCUT2D eigenvalue weighted by Crippen LogP contribution is -2.31. The Morgan fingerprint density at radius 1 is 1.41 bits per heavy atom. The summed E-state index contributed by atoms with van der Waals surface area (Å²) in [4.78, 5) is 14.3. The van der Waals surface area contributed by atoms with Crippen LogP contribution in [-0.4, -0.2) is 22.5 Å². The molecule has 116 valence electrons. The van der Waals surface area contributed by atoms with Crippen LogP contribution < -0.4 is 0 Å². The standard InChI is InChI=1S/C17H19FN2O2/c1-11(2)16-10-14(19-22-16)15-8-5-9-20(15)17(21)12-6-3-4-7-13(12)18/h3-4,6-7,10-11,15H,5,8-9H2,1-2H3/t15-/m0/s1. The van der Waals surface area contributed by atoms with Crippen molar-refractivity contribution in [1.29, 1.82) is 0 Å². The van der Waals surface area contributed by atoms with Crippen molar-refractivity contribution in [2.75, 3.05) is 6.54 Å². The first-order valence-electron chi connectivity index (χ1n) is 7.60. The second-order valence-electron chi connectivity index (χ2n) is 5.95. The maximum atomic E-state index is 13.9. The topological polar surface area (TPSA) is 46.3 Å². The van der Waals surface area contributed by atoms with E-state index in [1.807, 2.05) is 19.9 Å². The van der Waals surface area contributed by atoms with E-state index in [9.17, 15) is 9.18 Å². The number of likely N-dealkylation sites (tertiary alicyclic amines) is 1. The Labute approximate surface area is 128 Å². The first kappa shape index (κ1) is 14.8. The van der Waals surface area contributed by atoms with E-state index in [1.54, 1.807) is 17.0 Å². The lowest BCUT2D eigenvalue weighted by molar-refractivity contribution is 0.0726. The number of aromatic nitrogens is 1. The van der Waals surface area contributed by atoms with Crippen molar-refractivity contribution < 1.29 is 13.7 Å². The van der Waals surface area contributed by atoms with Gasteiger partial charge in [-0.25, -0.2) is 4.39 Å². The Hall–Kier alpha value is -2.17. The SMILES string of the molecule is CC(C)c1cc([C@@H]2CCCN2C(=O)c2ccccc2F)no1. The molecule has 22 heavy (non-hydrogen) atoms. The average molecular weight is 302 g/mol. The fraction of sp³-hybridized carbons (Fsp3) is 0.412. The number of hydrogen-bond acceptors (Lipinski definition) is 3. The lowest BCUT2D eigenvalue weighted by Gasteiger charge is -2.23. The molecule has 1 aromatic carbocycles. The molecular weight excluding hydrogens is 283 g/mol. The summed E-state index contributed by atoms with van der Waals surface area (Å²) in [6, 6.07) is 7.86. The van der Waals surface area contributed by atoms with Crippen LogP contribution in [0.25, 0.3) is 0 Å². The number of nitrogens with zero attached hydrogens (tertiary/aromatic N) is 2. The Kier molecular flexibility index (Phi) is 3.96. The minimum atomic E-state index is -0.485. The van der Waals surface area contributed by atoms with Crippen LogP contribution in [0.1, 0.15) is 60.5 Å². The van der Waals surface area contributed by atoms with Gasteiger partial charge in [-0.2, -0.15) is 0 Å². The van der Waals surface area contributed by atoms with Gasteiger partial charge in [0.05, 0.1) is 11.6 Å². The molecule has 1 aromatic heterocycles. The molecule has 1 atom stereocenters. The van der Waals surface area contributed by atoms with Gasteiger partial charge in [0.25, 0.3) is 5.91 Å². The zero-order chi connectivity index (χ0) is 15.7. The van der Waals surface area contributed by atoms with Gasteiger partial charge < -0.3 is 9.42 Å². The predicted octanol–water partition coefficient (Wildman–Crippen LogP) is 3.91. The highest BCUT2D eigenvalue weighted by atomic mass is 19.1. The first-order chi connectivity index (χ1) is 10.6. The molecule has 1 fully saturated rings. The maximum absolute atomic E-state index is 13.9. The van der Waals surface area contributed by atoms with Gasteiger partial charge in [-0.3, -0.25) is 4.79 Å². The molecule has 1 aliphatic rings. The molecule has 0 aliphatic carbocycles. The minimum Gasteiger partial charge on any atom is -0.361 e. The molecule has 0 N–H and O–H groups in total. The summed E-state index contributed by atoms with van der Waals surface area (Å²) < 4.78 is 19.2. The molecule has 1 amide bonds. The second kappa shape index (κ2) is 5.91. The number of carbonyl (C=O) groups excluding carboxylic acids is 1. The zero-order valence-electron chi connectivity index (χ0n) is 12.8. The third-order valence-corrected chi connectivity index (χ3v) is 4.07. The molecule has 0 bridgehead atoms. The fourth-order valence-electron chi connectivity index (χ4n) is 2.84. The number of hydrogen-bond donors (Lipinski definition) is 0. The number of halogens is 1. The fourth-order valence-corrected chi connectivity index (χ4v) is 2.84. The van der Waals surface area contributed by atoms with Gasteiger partial charge in [0.1, 0.15) is 17.3 Å². The van der Waals surface area contributed by atoms with E-state index < -0.39 is 5.82 Å². The molecule has 5 heteroatoms. The van der Waals surface area contributed by atoms with E-state index in [-0.39, 0.29) is 23.4 Å². The molecule has 0 saturated carbocycles. The van der Waals surface area contributed by atoms with Crippen molar-refractivity contribution in [2.24, 2.45) is 0 Å². The van der Waals surface area contributed by atoms with Crippen molar-refractivity contribution in [3.8, 4) is 0 Å². The molecular formula is C17H19FN2O2. The van der Waals surface area contributed by atoms with Crippen LogP contribution in [0, 0.1) is 5.82 Å². The molecule has 4 nitrogen and oxygen atoms in total. The van der Waals surface area contributed by atoms with Crippen LogP contribution in [0.2, 0.25) is 0 Å². The number of rotatable bonds is 3. The first-order valence-corrected chi connectivity index (χ1v) is 7.60. The van der Waals surface area contributed by atoms with Gasteiger partial charge >= 0.3 is 0 Å². The van der Waals surface area contributed by atoms with Gasteiger partial charge in [0.2, 0.25) is 0 Å². The molecule has 2 heterocycles. The maximum Gasteiger partial charge on any atom is 0.257 e. The molecule has 3 rings (SSSR count). The highest BCUT2D eigenvalue weighted by Crippen LogP contribution is 2.34. The summed E-state index contributed by atoms with van der Waals surface area (Å²) in [7, 11) is 0. The third-order valence-electron chi connectivity index (χ3n) is 4.07. The largest absolute Gasteiger partial charge is 0.361 e. The van der Waals surface area contributed by atoms with Crippen LogP contribution in [0.4, 0.5) is 4.39 Å². The van der Waals surface area contributed by atoms with E-state index in [1.165, 1.54) is 12.1 Å². The number of carbonyl (C=O) groups is 1. The van der Waals surface area contributed by atoms with Crippen LogP contribution in [-0.2, 0) is 0 Å². The van der Waals surface area contributed by atoms with Crippen LogP contribution in [0.15, 0.2) is 34.9 Å². The highest BCUT2D eigenvalue weighted by Gasteiger charge is 2.33. The van der Waals surface area contributed by atoms with E-state index in [0.717, 1.165) is 24.3 Å². The van der Waals surface area contributed by atoms with Crippen LogP contribution in [0.5, 0.6) is 0 Å². The summed E-state index contributed by atoms with van der Waals surface area (Å²) in [6.45, 7) is 4.67. The third kappa shape index (κ3) is 2.63. The molecule has 0 spiro atoms. The van der Waals surface area contributed by atoms with E-state index >= 15 is 0 Å². The normalized spacial score (nSPS) is 18.2. The summed E-state index contributed by atoms with van der Waals surface area (Å²) in [5.41, 5.74) is 0.868. The summed E-state index contributed by atoms with van der Waals surface area (Å²) in [5, 5.41) is 4.11. The van der Waals surface area contributed by atoms with Crippen molar-refractivity contribution in [3.05, 3.63) is 53.2 Å². The second-order valence-corrected chi connectivity index (χ2v) is 5.95. The summed E-state index contributed by atoms with van der Waals surface area (Å²) in [5.74, 6) is 0.287. The molecule has 0 radical (unpaired) electrons. The van der Waals surface area contributed by atoms with E-state index in [4.69, 9.17) is 4.52 Å². The van der Waals surface area contributed by atoms with Crippen molar-refractivity contribution in [3.63, 3.8) is 0 Å². The smallest absolute Gasteiger partial charge is 0.257 e. The summed E-state index contributed by atoms with van der Waals surface area (Å²) in [6.07, 6.45) is 1.71. The monoisotopic (exact) mass is 302 g/mol. The van der Waals surface area contributed by atoms with Crippen LogP contribution >= 0.6 is 0 Å². The molecule has 1 aliphatic heterocycles. The van der Waals surface area contributed by atoms with Gasteiger partial charge in [-0.05, 0) is 25.0 Å². The molecule has 0 unspecified atom stereocenters. The Morgan fingerprint density at radius 2 is 2.18 bits per heavy atom. The molecule has 1 saturated heterocycles. The van der Waals surface area contributed by atoms with Crippen molar-refractivity contribution in [1.82, 2.24) is 10.1 Å². The van der Waals surface area contributed by atoms with Crippen molar-refractivity contribution >= 4 is 5.91 Å². The molecule has 2 aromatic rings. The van der Waals surface area contributed by atoms with Gasteiger partial charge in [0.15, 0.2) is 0 Å². The Balaban J connectivity index is 1.86. The van der Waals surface area contributed by atoms with Crippen molar-refractivity contribution in [2.45, 2.75) is 38.6 Å². The predicted molar refractivity (Wildman–Crippen MR) is 80.0 cm³/mol. The minimum absolute atomic E-state index is 0.113. The van der Waals surface area contributed by atoms with Gasteiger partial charge in [-0.15, -0.1) is 0 Å². The highest BCUT2D eigenvalue weighted by molar-refractivity contribution is 5.94. The summed E-state index contributed by atoms with van der Waals surface area (Å²) >= 11 is 0. The lowest BCUT2D eigenvalue weighted by atomic mass is 10.1. The van der Waals surface area contributed by atoms with E-state index in [0.29, 0.717) is 6.54 Å². The average Bonchev–Trinajstić information content (AvgIpc) is 3.15. The van der Waals surface area contributed by atoms with E-state index in [2.05, 4.69) is 5.16 Å². The number of amides is 1. The van der Waals surface area contributed by atoms with Crippen LogP contribution in [0.3, 0.4) is 0 Å². The van der Waals surface area contributed by atoms with Gasteiger partial charge in [-0.1, -0.05) is 31.1 Å². The Bertz CT molecular complexity index is 681. The quantitative estimate of drug-likeness (QED) is 0.863. The van der Waals surface area contributed by atoms with Gasteiger partial charge in [0, 0.05) is 18.5 Å². The zero-order valence-corrected chi connectivity index (χ0v) is 12.8. The Morgan fingerprint density at radius 3 is 2.86 bits per heavy atom.